The van der Waals surface area contributed by atoms with E-state index in [-0.39, 0.29) is 5.91 Å². The summed E-state index contributed by atoms with van der Waals surface area (Å²) in [6.45, 7) is 6.03. The largest absolute Gasteiger partial charge is 0.339 e. The van der Waals surface area contributed by atoms with E-state index in [9.17, 15) is 4.79 Å². The van der Waals surface area contributed by atoms with E-state index in [1.165, 1.54) is 5.56 Å². The van der Waals surface area contributed by atoms with Crippen LogP contribution in [0, 0.1) is 12.8 Å². The molecule has 0 bridgehead atoms. The maximum absolute atomic E-state index is 13.3. The lowest BCUT2D eigenvalue weighted by Gasteiger charge is -2.30. The first kappa shape index (κ1) is 16.8. The number of hydrogen-bond acceptors (Lipinski definition) is 2. The van der Waals surface area contributed by atoms with E-state index in [0.29, 0.717) is 5.92 Å². The lowest BCUT2D eigenvalue weighted by molar-refractivity contribution is 0.0699. The predicted molar refractivity (Wildman–Crippen MR) is 106 cm³/mol. The zero-order valence-electron chi connectivity index (χ0n) is 15.4. The van der Waals surface area contributed by atoms with E-state index in [2.05, 4.69) is 26.0 Å². The van der Waals surface area contributed by atoms with Gasteiger partial charge in [0.25, 0.3) is 5.91 Å². The third-order valence-electron chi connectivity index (χ3n) is 5.44. The van der Waals surface area contributed by atoms with Crippen molar-refractivity contribution >= 4 is 16.8 Å². The summed E-state index contributed by atoms with van der Waals surface area (Å²) in [7, 11) is 0. The van der Waals surface area contributed by atoms with Gasteiger partial charge in [0.15, 0.2) is 0 Å². The maximum Gasteiger partial charge on any atom is 0.254 e. The Morgan fingerprint density at radius 3 is 2.50 bits per heavy atom. The standard InChI is InChI=1S/C23H24N2O/c1-16-11-13-25(14-12-16)23(26)20-15-22(18-8-4-3-7-17(18)2)24-21-10-6-5-9-19(20)21/h3-10,15-16H,11-14H2,1-2H3. The molecule has 132 valence electrons. The van der Waals surface area contributed by atoms with Gasteiger partial charge in [-0.1, -0.05) is 49.4 Å². The van der Waals surface area contributed by atoms with Crippen molar-refractivity contribution in [1.82, 2.24) is 9.88 Å². The quantitative estimate of drug-likeness (QED) is 0.649. The molecule has 1 aliphatic heterocycles. The van der Waals surface area contributed by atoms with Crippen molar-refractivity contribution in [3.8, 4) is 11.3 Å². The second-order valence-electron chi connectivity index (χ2n) is 7.36. The minimum Gasteiger partial charge on any atom is -0.339 e. The zero-order valence-corrected chi connectivity index (χ0v) is 15.4. The Hall–Kier alpha value is -2.68. The smallest absolute Gasteiger partial charge is 0.254 e. The van der Waals surface area contributed by atoms with Crippen molar-refractivity contribution in [2.75, 3.05) is 13.1 Å². The summed E-state index contributed by atoms with van der Waals surface area (Å²) in [5, 5.41) is 0.938. The van der Waals surface area contributed by atoms with Crippen LogP contribution < -0.4 is 0 Å². The molecule has 0 saturated carbocycles. The number of piperidine rings is 1. The third kappa shape index (κ3) is 3.10. The first-order valence-corrected chi connectivity index (χ1v) is 9.38. The van der Waals surface area contributed by atoms with E-state index in [4.69, 9.17) is 4.98 Å². The second kappa shape index (κ2) is 6.91. The molecule has 1 aliphatic rings. The minimum absolute atomic E-state index is 0.130. The summed E-state index contributed by atoms with van der Waals surface area (Å²) in [5.41, 5.74) is 4.76. The fraction of sp³-hybridized carbons (Fsp3) is 0.304. The molecule has 1 saturated heterocycles. The molecule has 3 heteroatoms. The summed E-state index contributed by atoms with van der Waals surface area (Å²) in [6.07, 6.45) is 2.17. The third-order valence-corrected chi connectivity index (χ3v) is 5.44. The van der Waals surface area contributed by atoms with Gasteiger partial charge in [-0.3, -0.25) is 4.79 Å². The normalized spacial score (nSPS) is 15.4. The van der Waals surface area contributed by atoms with Crippen LogP contribution >= 0.6 is 0 Å². The number of carbonyl (C=O) groups is 1. The highest BCUT2D eigenvalue weighted by Crippen LogP contribution is 2.28. The number of likely N-dealkylation sites (tertiary alicyclic amines) is 1. The summed E-state index contributed by atoms with van der Waals surface area (Å²) in [5.74, 6) is 0.834. The van der Waals surface area contributed by atoms with E-state index < -0.39 is 0 Å². The van der Waals surface area contributed by atoms with Crippen LogP contribution in [0.5, 0.6) is 0 Å². The van der Waals surface area contributed by atoms with Gasteiger partial charge in [0.05, 0.1) is 16.8 Å². The molecule has 26 heavy (non-hydrogen) atoms. The molecular weight excluding hydrogens is 320 g/mol. The van der Waals surface area contributed by atoms with Crippen molar-refractivity contribution in [2.45, 2.75) is 26.7 Å². The number of para-hydroxylation sites is 1. The molecule has 4 rings (SSSR count). The number of benzene rings is 2. The van der Waals surface area contributed by atoms with Crippen LogP contribution in [-0.4, -0.2) is 28.9 Å². The Morgan fingerprint density at radius 2 is 1.73 bits per heavy atom. The summed E-state index contributed by atoms with van der Waals surface area (Å²) >= 11 is 0. The number of nitrogens with zero attached hydrogens (tertiary/aromatic N) is 2. The summed E-state index contributed by atoms with van der Waals surface area (Å²) in [4.78, 5) is 20.1. The molecule has 0 unspecified atom stereocenters. The molecule has 2 aromatic carbocycles. The molecule has 0 spiro atoms. The molecule has 1 amide bonds. The number of amides is 1. The van der Waals surface area contributed by atoms with E-state index in [0.717, 1.165) is 53.7 Å². The highest BCUT2D eigenvalue weighted by molar-refractivity contribution is 6.07. The van der Waals surface area contributed by atoms with Crippen LogP contribution in [0.1, 0.15) is 35.7 Å². The van der Waals surface area contributed by atoms with Gasteiger partial charge >= 0.3 is 0 Å². The van der Waals surface area contributed by atoms with Crippen molar-refractivity contribution in [2.24, 2.45) is 5.92 Å². The van der Waals surface area contributed by atoms with Crippen molar-refractivity contribution < 1.29 is 4.79 Å². The molecule has 3 nitrogen and oxygen atoms in total. The molecule has 0 N–H and O–H groups in total. The van der Waals surface area contributed by atoms with E-state index >= 15 is 0 Å². The Balaban J connectivity index is 1.83. The number of aromatic nitrogens is 1. The number of rotatable bonds is 2. The van der Waals surface area contributed by atoms with Gasteiger partial charge in [-0.25, -0.2) is 4.98 Å². The molecule has 2 heterocycles. The molecule has 0 radical (unpaired) electrons. The maximum atomic E-state index is 13.3. The van der Waals surface area contributed by atoms with Gasteiger partial charge in [-0.15, -0.1) is 0 Å². The van der Waals surface area contributed by atoms with Crippen LogP contribution in [0.4, 0.5) is 0 Å². The minimum atomic E-state index is 0.130. The first-order valence-electron chi connectivity index (χ1n) is 9.38. The Kier molecular flexibility index (Phi) is 4.46. The van der Waals surface area contributed by atoms with Crippen LogP contribution in [0.2, 0.25) is 0 Å². The summed E-state index contributed by atoms with van der Waals surface area (Å²) in [6, 6.07) is 18.1. The van der Waals surface area contributed by atoms with Gasteiger partial charge in [0.1, 0.15) is 0 Å². The Morgan fingerprint density at radius 1 is 1.04 bits per heavy atom. The van der Waals surface area contributed by atoms with Gasteiger partial charge in [0, 0.05) is 24.0 Å². The van der Waals surface area contributed by atoms with E-state index in [1.807, 2.05) is 47.4 Å². The topological polar surface area (TPSA) is 33.2 Å². The highest BCUT2D eigenvalue weighted by Gasteiger charge is 2.23. The number of carbonyl (C=O) groups excluding carboxylic acids is 1. The van der Waals surface area contributed by atoms with Crippen LogP contribution in [0.3, 0.4) is 0 Å². The van der Waals surface area contributed by atoms with Crippen LogP contribution in [0.15, 0.2) is 54.6 Å². The average molecular weight is 344 g/mol. The van der Waals surface area contributed by atoms with Crippen molar-refractivity contribution in [1.29, 1.82) is 0 Å². The molecule has 1 aromatic heterocycles. The second-order valence-corrected chi connectivity index (χ2v) is 7.36. The van der Waals surface area contributed by atoms with Gasteiger partial charge in [-0.2, -0.15) is 0 Å². The molecule has 0 aliphatic carbocycles. The first-order chi connectivity index (χ1) is 12.6. The van der Waals surface area contributed by atoms with Crippen LogP contribution in [0.25, 0.3) is 22.2 Å². The molecular formula is C23H24N2O. The monoisotopic (exact) mass is 344 g/mol. The number of hydrogen-bond donors (Lipinski definition) is 0. The lowest BCUT2D eigenvalue weighted by atomic mass is 9.97. The Labute approximate surface area is 154 Å². The molecule has 0 atom stereocenters. The number of pyridine rings is 1. The van der Waals surface area contributed by atoms with E-state index in [1.54, 1.807) is 0 Å². The average Bonchev–Trinajstić information content (AvgIpc) is 2.67. The fourth-order valence-corrected chi connectivity index (χ4v) is 3.73. The zero-order chi connectivity index (χ0) is 18.1. The number of aryl methyl sites for hydroxylation is 1. The van der Waals surface area contributed by atoms with Crippen molar-refractivity contribution in [3.05, 3.63) is 65.7 Å². The van der Waals surface area contributed by atoms with Gasteiger partial charge in [-0.05, 0) is 43.4 Å². The molecule has 1 fully saturated rings. The summed E-state index contributed by atoms with van der Waals surface area (Å²) < 4.78 is 0. The number of fused-ring (bicyclic) bond motifs is 1. The van der Waals surface area contributed by atoms with Gasteiger partial charge < -0.3 is 4.90 Å². The lowest BCUT2D eigenvalue weighted by Crippen LogP contribution is -2.38. The van der Waals surface area contributed by atoms with Gasteiger partial charge in [0.2, 0.25) is 0 Å². The Bertz CT molecular complexity index is 955. The van der Waals surface area contributed by atoms with Crippen LogP contribution in [-0.2, 0) is 0 Å². The SMILES string of the molecule is Cc1ccccc1-c1cc(C(=O)N2CCC(C)CC2)c2ccccc2n1. The predicted octanol–water partition coefficient (Wildman–Crippen LogP) is 5.08. The fourth-order valence-electron chi connectivity index (χ4n) is 3.73. The highest BCUT2D eigenvalue weighted by atomic mass is 16.2. The van der Waals surface area contributed by atoms with Crippen molar-refractivity contribution in [3.63, 3.8) is 0 Å². The molecule has 3 aromatic rings.